The summed E-state index contributed by atoms with van der Waals surface area (Å²) in [5, 5.41) is 17.5. The molecular formula is C7H11FO3. The quantitative estimate of drug-likeness (QED) is 0.597. The first-order valence-electron chi connectivity index (χ1n) is 3.68. The zero-order valence-corrected chi connectivity index (χ0v) is 6.09. The van der Waals surface area contributed by atoms with Crippen LogP contribution in [-0.2, 0) is 4.79 Å². The van der Waals surface area contributed by atoms with Crippen molar-refractivity contribution in [1.29, 1.82) is 0 Å². The number of hydrogen-bond acceptors (Lipinski definition) is 2. The average Bonchev–Trinajstić information content (AvgIpc) is 1.95. The zero-order valence-electron chi connectivity index (χ0n) is 6.09. The fourth-order valence-electron chi connectivity index (χ4n) is 1.36. The van der Waals surface area contributed by atoms with Crippen LogP contribution in [0.1, 0.15) is 25.7 Å². The molecule has 0 radical (unpaired) electrons. The highest BCUT2D eigenvalue weighted by atomic mass is 19.1. The van der Waals surface area contributed by atoms with Crippen LogP contribution in [0.15, 0.2) is 0 Å². The zero-order chi connectivity index (χ0) is 8.48. The standard InChI is InChI=1S/C7H11FO3/c8-7(6(10)11)4-2-1-3-5(7)9/h5,9H,1-4H2,(H,10,11). The molecule has 0 aromatic rings. The van der Waals surface area contributed by atoms with Gasteiger partial charge in [-0.3, -0.25) is 0 Å². The number of hydrogen-bond donors (Lipinski definition) is 2. The Balaban J connectivity index is 2.72. The molecule has 1 aliphatic carbocycles. The van der Waals surface area contributed by atoms with Crippen LogP contribution in [0.5, 0.6) is 0 Å². The van der Waals surface area contributed by atoms with E-state index in [1.54, 1.807) is 0 Å². The molecule has 0 aromatic heterocycles. The Labute approximate surface area is 63.8 Å². The first kappa shape index (κ1) is 8.46. The van der Waals surface area contributed by atoms with Crippen molar-refractivity contribution in [3.63, 3.8) is 0 Å². The van der Waals surface area contributed by atoms with Crippen LogP contribution < -0.4 is 0 Å². The molecule has 0 spiro atoms. The van der Waals surface area contributed by atoms with Crippen LogP contribution in [0.4, 0.5) is 4.39 Å². The van der Waals surface area contributed by atoms with Gasteiger partial charge >= 0.3 is 5.97 Å². The lowest BCUT2D eigenvalue weighted by atomic mass is 9.84. The van der Waals surface area contributed by atoms with Crippen LogP contribution in [0, 0.1) is 0 Å². The van der Waals surface area contributed by atoms with E-state index in [9.17, 15) is 9.18 Å². The van der Waals surface area contributed by atoms with Crippen LogP contribution in [0.3, 0.4) is 0 Å². The number of aliphatic hydroxyl groups is 1. The Bertz CT molecular complexity index is 171. The third-order valence-electron chi connectivity index (χ3n) is 2.15. The fraction of sp³-hybridized carbons (Fsp3) is 0.857. The monoisotopic (exact) mass is 162 g/mol. The summed E-state index contributed by atoms with van der Waals surface area (Å²) in [7, 11) is 0. The number of alkyl halides is 1. The molecule has 2 N–H and O–H groups in total. The van der Waals surface area contributed by atoms with E-state index < -0.39 is 17.7 Å². The van der Waals surface area contributed by atoms with Gasteiger partial charge in [0.2, 0.25) is 5.67 Å². The normalized spacial score (nSPS) is 38.5. The summed E-state index contributed by atoms with van der Waals surface area (Å²) >= 11 is 0. The van der Waals surface area contributed by atoms with E-state index in [2.05, 4.69) is 0 Å². The van der Waals surface area contributed by atoms with Gasteiger partial charge in [0.1, 0.15) is 0 Å². The van der Waals surface area contributed by atoms with Gasteiger partial charge in [0.25, 0.3) is 0 Å². The first-order chi connectivity index (χ1) is 5.07. The van der Waals surface area contributed by atoms with Gasteiger partial charge in [-0.1, -0.05) is 6.42 Å². The van der Waals surface area contributed by atoms with Crippen molar-refractivity contribution < 1.29 is 19.4 Å². The highest BCUT2D eigenvalue weighted by molar-refractivity contribution is 5.78. The van der Waals surface area contributed by atoms with E-state index in [4.69, 9.17) is 10.2 Å². The molecule has 0 saturated heterocycles. The van der Waals surface area contributed by atoms with Crippen LogP contribution in [0.25, 0.3) is 0 Å². The molecule has 2 atom stereocenters. The van der Waals surface area contributed by atoms with Gasteiger partial charge in [-0.2, -0.15) is 0 Å². The summed E-state index contributed by atoms with van der Waals surface area (Å²) in [5.74, 6) is -1.54. The second-order valence-corrected chi connectivity index (χ2v) is 2.93. The second-order valence-electron chi connectivity index (χ2n) is 2.93. The Hall–Kier alpha value is -0.640. The lowest BCUT2D eigenvalue weighted by Gasteiger charge is -2.30. The molecule has 1 rings (SSSR count). The summed E-state index contributed by atoms with van der Waals surface area (Å²) < 4.78 is 13.2. The van der Waals surface area contributed by atoms with Gasteiger partial charge in [-0.05, 0) is 19.3 Å². The second kappa shape index (κ2) is 2.77. The molecule has 3 nitrogen and oxygen atoms in total. The van der Waals surface area contributed by atoms with Crippen molar-refractivity contribution in [3.05, 3.63) is 0 Å². The number of aliphatic carboxylic acids is 1. The number of carboxylic acids is 1. The van der Waals surface area contributed by atoms with E-state index in [-0.39, 0.29) is 12.8 Å². The summed E-state index contributed by atoms with van der Waals surface area (Å²) in [6.07, 6.45) is 0.112. The summed E-state index contributed by atoms with van der Waals surface area (Å²) in [6.45, 7) is 0. The molecular weight excluding hydrogens is 151 g/mol. The topological polar surface area (TPSA) is 57.5 Å². The highest BCUT2D eigenvalue weighted by Gasteiger charge is 2.47. The van der Waals surface area contributed by atoms with Crippen LogP contribution in [-0.4, -0.2) is 28.0 Å². The van der Waals surface area contributed by atoms with E-state index in [0.717, 1.165) is 0 Å². The molecule has 2 unspecified atom stereocenters. The van der Waals surface area contributed by atoms with Crippen LogP contribution >= 0.6 is 0 Å². The number of rotatable bonds is 1. The van der Waals surface area contributed by atoms with Gasteiger partial charge in [0.15, 0.2) is 0 Å². The molecule has 4 heteroatoms. The largest absolute Gasteiger partial charge is 0.479 e. The van der Waals surface area contributed by atoms with Crippen molar-refractivity contribution in [3.8, 4) is 0 Å². The molecule has 0 bridgehead atoms. The van der Waals surface area contributed by atoms with Gasteiger partial charge in [0.05, 0.1) is 6.10 Å². The Morgan fingerprint density at radius 2 is 2.18 bits per heavy atom. The van der Waals surface area contributed by atoms with E-state index in [0.29, 0.717) is 12.8 Å². The van der Waals surface area contributed by atoms with Crippen LogP contribution in [0.2, 0.25) is 0 Å². The minimum absolute atomic E-state index is 0.0660. The predicted molar refractivity (Wildman–Crippen MR) is 35.9 cm³/mol. The maximum atomic E-state index is 13.2. The fourth-order valence-corrected chi connectivity index (χ4v) is 1.36. The molecule has 0 aliphatic heterocycles. The Morgan fingerprint density at radius 3 is 2.55 bits per heavy atom. The smallest absolute Gasteiger partial charge is 0.344 e. The van der Waals surface area contributed by atoms with E-state index in [1.165, 1.54) is 0 Å². The van der Waals surface area contributed by atoms with Crippen molar-refractivity contribution in [1.82, 2.24) is 0 Å². The molecule has 64 valence electrons. The number of carboxylic acid groups (broad SMARTS) is 1. The lowest BCUT2D eigenvalue weighted by molar-refractivity contribution is -0.163. The summed E-state index contributed by atoms with van der Waals surface area (Å²) in [5.41, 5.74) is -2.39. The van der Waals surface area contributed by atoms with Crippen molar-refractivity contribution in [2.75, 3.05) is 0 Å². The number of carbonyl (C=O) groups is 1. The average molecular weight is 162 g/mol. The van der Waals surface area contributed by atoms with Crippen molar-refractivity contribution in [2.24, 2.45) is 0 Å². The predicted octanol–water partition coefficient (Wildman–Crippen LogP) is 0.714. The molecule has 11 heavy (non-hydrogen) atoms. The minimum Gasteiger partial charge on any atom is -0.479 e. The van der Waals surface area contributed by atoms with Gasteiger partial charge < -0.3 is 10.2 Å². The van der Waals surface area contributed by atoms with Crippen molar-refractivity contribution in [2.45, 2.75) is 37.5 Å². The Morgan fingerprint density at radius 1 is 1.55 bits per heavy atom. The van der Waals surface area contributed by atoms with E-state index >= 15 is 0 Å². The summed E-state index contributed by atoms with van der Waals surface area (Å²) in [6, 6.07) is 0. The molecule has 1 saturated carbocycles. The molecule has 1 fully saturated rings. The maximum Gasteiger partial charge on any atom is 0.344 e. The first-order valence-corrected chi connectivity index (χ1v) is 3.68. The van der Waals surface area contributed by atoms with E-state index in [1.807, 2.05) is 0 Å². The third kappa shape index (κ3) is 1.35. The van der Waals surface area contributed by atoms with Gasteiger partial charge in [-0.15, -0.1) is 0 Å². The number of halogens is 1. The number of aliphatic hydroxyl groups excluding tert-OH is 1. The molecule has 0 amide bonds. The molecule has 1 aliphatic rings. The Kier molecular flexibility index (Phi) is 2.13. The van der Waals surface area contributed by atoms with Gasteiger partial charge in [-0.25, -0.2) is 9.18 Å². The maximum absolute atomic E-state index is 13.2. The minimum atomic E-state index is -2.39. The van der Waals surface area contributed by atoms with Gasteiger partial charge in [0, 0.05) is 0 Å². The van der Waals surface area contributed by atoms with Crippen molar-refractivity contribution >= 4 is 5.97 Å². The SMILES string of the molecule is O=C(O)C1(F)CCCCC1O. The lowest BCUT2D eigenvalue weighted by Crippen LogP contribution is -2.47. The third-order valence-corrected chi connectivity index (χ3v) is 2.15. The molecule has 0 aromatic carbocycles. The highest BCUT2D eigenvalue weighted by Crippen LogP contribution is 2.32. The molecule has 0 heterocycles. The summed E-state index contributed by atoms with van der Waals surface area (Å²) in [4.78, 5) is 10.4.